The summed E-state index contributed by atoms with van der Waals surface area (Å²) in [6, 6.07) is -1.06. The van der Waals surface area contributed by atoms with E-state index in [1.54, 1.807) is 6.08 Å². The molecular weight excluding hydrogens is 895 g/mol. The number of rotatable bonds is 42. The highest BCUT2D eigenvalue weighted by molar-refractivity contribution is 5.80. The first kappa shape index (κ1) is 64.8. The summed E-state index contributed by atoms with van der Waals surface area (Å²) in [6.45, 7) is 5.41. The van der Waals surface area contributed by atoms with Crippen LogP contribution in [-0.2, 0) is 23.8 Å². The van der Waals surface area contributed by atoms with Crippen molar-refractivity contribution in [2.24, 2.45) is 0 Å². The lowest BCUT2D eigenvalue weighted by atomic mass is 9.99. The highest BCUT2D eigenvalue weighted by Crippen LogP contribution is 2.26. The first-order valence-corrected chi connectivity index (χ1v) is 27.0. The van der Waals surface area contributed by atoms with Gasteiger partial charge in [0.05, 0.1) is 25.4 Å². The van der Waals surface area contributed by atoms with E-state index < -0.39 is 67.4 Å². The summed E-state index contributed by atoms with van der Waals surface area (Å²) in [5, 5.41) is 56.6. The molecule has 11 heteroatoms. The van der Waals surface area contributed by atoms with Crippen LogP contribution in [0.2, 0.25) is 0 Å². The summed E-state index contributed by atoms with van der Waals surface area (Å²) < 4.78 is 17.4. The minimum atomic E-state index is -1.66. The van der Waals surface area contributed by atoms with Crippen LogP contribution >= 0.6 is 0 Å². The van der Waals surface area contributed by atoms with Crippen molar-refractivity contribution in [3.8, 4) is 0 Å². The summed E-state index contributed by atoms with van der Waals surface area (Å²) in [5.41, 5.74) is 0. The number of ether oxygens (including phenoxy) is 3. The maximum absolute atomic E-state index is 13.3. The van der Waals surface area contributed by atoms with Gasteiger partial charge in [0.25, 0.3) is 0 Å². The topological polar surface area (TPSA) is 175 Å². The van der Waals surface area contributed by atoms with Crippen molar-refractivity contribution in [2.75, 3.05) is 13.2 Å². The molecule has 0 saturated carbocycles. The zero-order valence-corrected chi connectivity index (χ0v) is 43.8. The maximum Gasteiger partial charge on any atom is 0.306 e. The van der Waals surface area contributed by atoms with E-state index in [4.69, 9.17) is 14.2 Å². The number of carbonyl (C=O) groups is 2. The number of hydrogen-bond acceptors (Lipinski definition) is 10. The van der Waals surface area contributed by atoms with Gasteiger partial charge < -0.3 is 45.1 Å². The molecule has 1 aliphatic rings. The average Bonchev–Trinajstić information content (AvgIpc) is 3.37. The standard InChI is InChI=1S/C60H95NO10/c1-4-7-10-13-16-19-22-24-25-26-27-28-30-32-35-38-41-44-47-53(64)59(68)61-51(52(63)46-43-40-37-34-31-21-18-15-12-9-6-3)50-69-60-58(57(67)56(66)54(49-62)70-60)71-55(65)48-45-42-39-36-33-29-23-20-17-14-11-8-5-2/h7-8,10-11,14,16-17,19-20,23-25,27-29,32-33,35-36,39,43,46,51-54,56-58,60,62-64,66-67H,4-6,9,12-13,15,18,21-22,26,30-31,34,37-38,40-42,44-45,47-50H2,1-3H3,(H,61,68)/b10-7-,11-8+,17-14+,19-16-,23-20-,25-24-,28-27-,33-29-,35-32-,39-36+,46-43+. The van der Waals surface area contributed by atoms with E-state index in [1.807, 2.05) is 60.8 Å². The molecule has 71 heavy (non-hydrogen) atoms. The Morgan fingerprint density at radius 2 is 1.08 bits per heavy atom. The Bertz CT molecular complexity index is 1650. The Labute approximate surface area is 429 Å². The van der Waals surface area contributed by atoms with Crippen LogP contribution in [0.25, 0.3) is 0 Å². The number of unbranched alkanes of at least 4 members (excludes halogenated alkanes) is 12. The molecule has 8 unspecified atom stereocenters. The summed E-state index contributed by atoms with van der Waals surface area (Å²) >= 11 is 0. The summed E-state index contributed by atoms with van der Waals surface area (Å²) in [4.78, 5) is 26.3. The second kappa shape index (κ2) is 46.8. The highest BCUT2D eigenvalue weighted by atomic mass is 16.7. The Kier molecular flexibility index (Phi) is 42.8. The molecule has 1 aliphatic heterocycles. The molecule has 400 valence electrons. The van der Waals surface area contributed by atoms with Gasteiger partial charge in [-0.1, -0.05) is 212 Å². The van der Waals surface area contributed by atoms with Crippen molar-refractivity contribution in [3.05, 3.63) is 134 Å². The number of esters is 1. The lowest BCUT2D eigenvalue weighted by Gasteiger charge is -2.41. The number of aliphatic hydroxyl groups excluding tert-OH is 5. The van der Waals surface area contributed by atoms with Gasteiger partial charge in [0, 0.05) is 6.42 Å². The minimum absolute atomic E-state index is 0.0147. The second-order valence-electron chi connectivity index (χ2n) is 18.0. The third-order valence-corrected chi connectivity index (χ3v) is 11.7. The van der Waals surface area contributed by atoms with Crippen molar-refractivity contribution in [3.63, 3.8) is 0 Å². The highest BCUT2D eigenvalue weighted by Gasteiger charge is 2.47. The van der Waals surface area contributed by atoms with Gasteiger partial charge in [-0.15, -0.1) is 0 Å². The molecule has 11 nitrogen and oxygen atoms in total. The van der Waals surface area contributed by atoms with Crippen LogP contribution in [0, 0.1) is 0 Å². The molecule has 0 bridgehead atoms. The molecule has 0 aromatic carbocycles. The first-order valence-electron chi connectivity index (χ1n) is 27.0. The molecule has 0 radical (unpaired) electrons. The van der Waals surface area contributed by atoms with E-state index >= 15 is 0 Å². The van der Waals surface area contributed by atoms with Gasteiger partial charge in [-0.05, 0) is 83.5 Å². The molecule has 0 aromatic heterocycles. The molecule has 1 amide bonds. The van der Waals surface area contributed by atoms with Gasteiger partial charge in [0.15, 0.2) is 12.4 Å². The molecule has 1 heterocycles. The fraction of sp³-hybridized carbons (Fsp3) is 0.600. The summed E-state index contributed by atoms with van der Waals surface area (Å²) in [6.07, 6.45) is 55.1. The number of hydrogen-bond donors (Lipinski definition) is 6. The summed E-state index contributed by atoms with van der Waals surface area (Å²) in [7, 11) is 0. The van der Waals surface area contributed by atoms with E-state index in [0.29, 0.717) is 19.3 Å². The van der Waals surface area contributed by atoms with Crippen LogP contribution < -0.4 is 5.32 Å². The number of nitrogens with one attached hydrogen (secondary N) is 1. The fourth-order valence-electron chi connectivity index (χ4n) is 7.41. The smallest absolute Gasteiger partial charge is 0.306 e. The van der Waals surface area contributed by atoms with Crippen molar-refractivity contribution < 1.29 is 49.3 Å². The number of aliphatic hydroxyl groups is 5. The molecule has 0 aliphatic carbocycles. The molecule has 1 saturated heterocycles. The lowest BCUT2D eigenvalue weighted by Crippen LogP contribution is -2.61. The monoisotopic (exact) mass is 990 g/mol. The van der Waals surface area contributed by atoms with Crippen LogP contribution in [-0.4, -0.2) is 99.6 Å². The van der Waals surface area contributed by atoms with Crippen molar-refractivity contribution >= 4 is 11.9 Å². The molecule has 0 aromatic rings. The SMILES string of the molecule is CC/C=C\C/C=C\C/C=C\C/C=C\C/C=C\CCCCC(O)C(=O)NC(COC1OC(CO)C(O)C(O)C1OC(=O)CCC/C=C/C=C\C=C/C=C/C=C/CC)C(O)/C=C/CCCCCCCCCCC. The number of allylic oxidation sites excluding steroid dienone is 21. The van der Waals surface area contributed by atoms with Gasteiger partial charge in [-0.2, -0.15) is 0 Å². The van der Waals surface area contributed by atoms with Gasteiger partial charge in [0.2, 0.25) is 5.91 Å². The Morgan fingerprint density at radius 3 is 1.68 bits per heavy atom. The van der Waals surface area contributed by atoms with E-state index in [1.165, 1.54) is 38.5 Å². The zero-order valence-electron chi connectivity index (χ0n) is 43.8. The molecule has 6 N–H and O–H groups in total. The third-order valence-electron chi connectivity index (χ3n) is 11.7. The zero-order chi connectivity index (χ0) is 51.8. The number of amides is 1. The lowest BCUT2D eigenvalue weighted by molar-refractivity contribution is -0.305. The maximum atomic E-state index is 13.3. The minimum Gasteiger partial charge on any atom is -0.454 e. The van der Waals surface area contributed by atoms with Crippen molar-refractivity contribution in [2.45, 2.75) is 217 Å². The second-order valence-corrected chi connectivity index (χ2v) is 18.0. The van der Waals surface area contributed by atoms with Gasteiger partial charge >= 0.3 is 5.97 Å². The Hall–Kier alpha value is -4.20. The fourth-order valence-corrected chi connectivity index (χ4v) is 7.41. The molecular formula is C60H95NO10. The predicted octanol–water partition coefficient (Wildman–Crippen LogP) is 11.7. The van der Waals surface area contributed by atoms with Crippen LogP contribution in [0.4, 0.5) is 0 Å². The van der Waals surface area contributed by atoms with Crippen LogP contribution in [0.15, 0.2) is 134 Å². The van der Waals surface area contributed by atoms with Gasteiger partial charge in [-0.3, -0.25) is 9.59 Å². The summed E-state index contributed by atoms with van der Waals surface area (Å²) in [5.74, 6) is -1.32. The van der Waals surface area contributed by atoms with Crippen molar-refractivity contribution in [1.29, 1.82) is 0 Å². The van der Waals surface area contributed by atoms with E-state index in [0.717, 1.165) is 77.0 Å². The first-order chi connectivity index (χ1) is 34.7. The Morgan fingerprint density at radius 1 is 0.577 bits per heavy atom. The van der Waals surface area contributed by atoms with Gasteiger partial charge in [0.1, 0.15) is 24.4 Å². The average molecular weight is 990 g/mol. The molecule has 1 fully saturated rings. The normalized spacial score (nSPS) is 20.7. The number of carbonyl (C=O) groups excluding carboxylic acids is 2. The quantitative estimate of drug-likeness (QED) is 0.0149. The molecule has 0 spiro atoms. The molecule has 8 atom stereocenters. The van der Waals surface area contributed by atoms with Gasteiger partial charge in [-0.25, -0.2) is 0 Å². The van der Waals surface area contributed by atoms with Crippen molar-refractivity contribution in [1.82, 2.24) is 5.32 Å². The van der Waals surface area contributed by atoms with E-state index in [-0.39, 0.29) is 19.4 Å². The Balaban J connectivity index is 2.83. The van der Waals surface area contributed by atoms with Crippen LogP contribution in [0.5, 0.6) is 0 Å². The van der Waals surface area contributed by atoms with Crippen LogP contribution in [0.3, 0.4) is 0 Å². The predicted molar refractivity (Wildman–Crippen MR) is 291 cm³/mol. The van der Waals surface area contributed by atoms with E-state index in [9.17, 15) is 35.1 Å². The molecule has 1 rings (SSSR count). The van der Waals surface area contributed by atoms with E-state index in [2.05, 4.69) is 92.9 Å². The third kappa shape index (κ3) is 35.5. The van der Waals surface area contributed by atoms with Crippen LogP contribution in [0.1, 0.15) is 168 Å². The largest absolute Gasteiger partial charge is 0.454 e.